The van der Waals surface area contributed by atoms with Crippen molar-refractivity contribution in [1.82, 2.24) is 20.0 Å². The molecule has 1 atom stereocenters. The van der Waals surface area contributed by atoms with Crippen molar-refractivity contribution in [2.24, 2.45) is 10.8 Å². The van der Waals surface area contributed by atoms with Gasteiger partial charge in [0, 0.05) is 56.1 Å². The lowest BCUT2D eigenvalue weighted by Gasteiger charge is -2.36. The largest absolute Gasteiger partial charge is 0.381 e. The van der Waals surface area contributed by atoms with E-state index < -0.39 is 0 Å². The number of ether oxygens (including phenoxy) is 1. The molecular formula is C21H28N4O3. The zero-order chi connectivity index (χ0) is 19.8. The molecule has 0 N–H and O–H groups in total. The van der Waals surface area contributed by atoms with Crippen molar-refractivity contribution in [2.75, 3.05) is 26.3 Å². The zero-order valence-corrected chi connectivity index (χ0v) is 16.9. The maximum atomic E-state index is 12.9. The SMILES string of the molecule is CC(C)(C)CC(=O)N1C[C@@H](c2nc(-c3cccnc3)no2)C2(CCOCC2)C1. The molecule has 7 nitrogen and oxygen atoms in total. The Hall–Kier alpha value is -2.28. The van der Waals surface area contributed by atoms with E-state index in [0.717, 1.165) is 24.9 Å². The van der Waals surface area contributed by atoms with Crippen LogP contribution in [-0.2, 0) is 9.53 Å². The van der Waals surface area contributed by atoms with Gasteiger partial charge in [0.05, 0.1) is 5.92 Å². The third kappa shape index (κ3) is 3.81. The molecule has 4 heterocycles. The van der Waals surface area contributed by atoms with Crippen LogP contribution in [-0.4, -0.2) is 52.2 Å². The fourth-order valence-corrected chi connectivity index (χ4v) is 4.34. The lowest BCUT2D eigenvalue weighted by Crippen LogP contribution is -2.38. The maximum Gasteiger partial charge on any atom is 0.232 e. The van der Waals surface area contributed by atoms with Crippen molar-refractivity contribution in [3.05, 3.63) is 30.4 Å². The molecule has 1 spiro atoms. The quantitative estimate of drug-likeness (QED) is 0.808. The Balaban J connectivity index is 1.60. The number of nitrogens with zero attached hydrogens (tertiary/aromatic N) is 4. The standard InChI is InChI=1S/C21H28N4O3/c1-20(2,3)11-17(26)25-13-16(21(14-25)6-9-27-10-7-21)19-23-18(24-28-19)15-5-4-8-22-12-15/h4-5,8,12,16H,6-7,9-11,13-14H2,1-3H3/t16-/m0/s1. The Morgan fingerprint density at radius 3 is 2.79 bits per heavy atom. The molecule has 1 amide bonds. The Bertz CT molecular complexity index is 822. The number of carbonyl (C=O) groups excluding carboxylic acids is 1. The molecule has 2 aromatic heterocycles. The summed E-state index contributed by atoms with van der Waals surface area (Å²) in [4.78, 5) is 23.7. The molecule has 0 saturated carbocycles. The fourth-order valence-electron chi connectivity index (χ4n) is 4.34. The van der Waals surface area contributed by atoms with Crippen LogP contribution in [0.3, 0.4) is 0 Å². The van der Waals surface area contributed by atoms with E-state index in [9.17, 15) is 4.79 Å². The highest BCUT2D eigenvalue weighted by molar-refractivity contribution is 5.77. The van der Waals surface area contributed by atoms with Gasteiger partial charge in [0.15, 0.2) is 0 Å². The van der Waals surface area contributed by atoms with E-state index in [1.807, 2.05) is 17.0 Å². The van der Waals surface area contributed by atoms with E-state index in [0.29, 0.717) is 37.9 Å². The van der Waals surface area contributed by atoms with Gasteiger partial charge in [-0.2, -0.15) is 4.98 Å². The van der Waals surface area contributed by atoms with E-state index in [4.69, 9.17) is 9.26 Å². The Morgan fingerprint density at radius 2 is 2.11 bits per heavy atom. The normalized spacial score (nSPS) is 22.0. The van der Waals surface area contributed by atoms with Crippen molar-refractivity contribution in [3.63, 3.8) is 0 Å². The lowest BCUT2D eigenvalue weighted by molar-refractivity contribution is -0.132. The second kappa shape index (κ2) is 7.28. The van der Waals surface area contributed by atoms with Crippen LogP contribution in [0, 0.1) is 10.8 Å². The molecule has 7 heteroatoms. The first-order chi connectivity index (χ1) is 13.4. The van der Waals surface area contributed by atoms with Crippen LogP contribution in [0.4, 0.5) is 0 Å². The number of hydrogen-bond donors (Lipinski definition) is 0. The molecule has 2 aliphatic rings. The lowest BCUT2D eigenvalue weighted by atomic mass is 9.72. The number of carbonyl (C=O) groups is 1. The number of aromatic nitrogens is 3. The predicted octanol–water partition coefficient (Wildman–Crippen LogP) is 3.29. The van der Waals surface area contributed by atoms with Gasteiger partial charge in [0.2, 0.25) is 17.6 Å². The molecular weight excluding hydrogens is 356 g/mol. The average Bonchev–Trinajstić information content (AvgIpc) is 3.27. The highest BCUT2D eigenvalue weighted by Gasteiger charge is 2.51. The minimum Gasteiger partial charge on any atom is -0.381 e. The molecule has 2 aliphatic heterocycles. The van der Waals surface area contributed by atoms with E-state index in [1.165, 1.54) is 0 Å². The highest BCUT2D eigenvalue weighted by Crippen LogP contribution is 2.49. The molecule has 0 aromatic carbocycles. The summed E-state index contributed by atoms with van der Waals surface area (Å²) in [7, 11) is 0. The summed E-state index contributed by atoms with van der Waals surface area (Å²) < 4.78 is 11.3. The monoisotopic (exact) mass is 384 g/mol. The van der Waals surface area contributed by atoms with Gasteiger partial charge in [-0.15, -0.1) is 0 Å². The van der Waals surface area contributed by atoms with Crippen LogP contribution >= 0.6 is 0 Å². The van der Waals surface area contributed by atoms with Crippen molar-refractivity contribution in [1.29, 1.82) is 0 Å². The van der Waals surface area contributed by atoms with Crippen LogP contribution in [0.15, 0.2) is 29.0 Å². The number of pyridine rings is 1. The Morgan fingerprint density at radius 1 is 1.32 bits per heavy atom. The van der Waals surface area contributed by atoms with Gasteiger partial charge in [0.1, 0.15) is 0 Å². The summed E-state index contributed by atoms with van der Waals surface area (Å²) in [5.74, 6) is 1.41. The molecule has 28 heavy (non-hydrogen) atoms. The molecule has 0 bridgehead atoms. The third-order valence-corrected chi connectivity index (χ3v) is 5.83. The summed E-state index contributed by atoms with van der Waals surface area (Å²) in [6.45, 7) is 9.08. The van der Waals surface area contributed by atoms with Gasteiger partial charge in [0.25, 0.3) is 0 Å². The van der Waals surface area contributed by atoms with Crippen LogP contribution < -0.4 is 0 Å². The van der Waals surface area contributed by atoms with Gasteiger partial charge >= 0.3 is 0 Å². The summed E-state index contributed by atoms with van der Waals surface area (Å²) in [6.07, 6.45) is 5.80. The molecule has 4 rings (SSSR count). The van der Waals surface area contributed by atoms with Crippen LogP contribution in [0.25, 0.3) is 11.4 Å². The zero-order valence-electron chi connectivity index (χ0n) is 16.9. The Labute approximate surface area is 165 Å². The Kier molecular flexibility index (Phi) is 4.95. The topological polar surface area (TPSA) is 81.4 Å². The fraction of sp³-hybridized carbons (Fsp3) is 0.619. The summed E-state index contributed by atoms with van der Waals surface area (Å²) in [6, 6.07) is 3.77. The summed E-state index contributed by atoms with van der Waals surface area (Å²) in [5.41, 5.74) is 0.748. The first-order valence-corrected chi connectivity index (χ1v) is 9.96. The number of amides is 1. The highest BCUT2D eigenvalue weighted by atomic mass is 16.5. The molecule has 2 aromatic rings. The van der Waals surface area contributed by atoms with Gasteiger partial charge in [-0.3, -0.25) is 9.78 Å². The number of rotatable bonds is 3. The van der Waals surface area contributed by atoms with Crippen molar-refractivity contribution in [2.45, 2.75) is 46.0 Å². The maximum absolute atomic E-state index is 12.9. The van der Waals surface area contributed by atoms with Crippen molar-refractivity contribution in [3.8, 4) is 11.4 Å². The summed E-state index contributed by atoms with van der Waals surface area (Å²) >= 11 is 0. The predicted molar refractivity (Wildman–Crippen MR) is 103 cm³/mol. The molecule has 0 aliphatic carbocycles. The first-order valence-electron chi connectivity index (χ1n) is 9.96. The van der Waals surface area contributed by atoms with Gasteiger partial charge in [-0.1, -0.05) is 25.9 Å². The minimum absolute atomic E-state index is 0.0318. The molecule has 0 unspecified atom stereocenters. The minimum atomic E-state index is -0.0511. The van der Waals surface area contributed by atoms with E-state index in [1.54, 1.807) is 12.4 Å². The molecule has 2 fully saturated rings. The van der Waals surface area contributed by atoms with E-state index >= 15 is 0 Å². The smallest absolute Gasteiger partial charge is 0.232 e. The van der Waals surface area contributed by atoms with Gasteiger partial charge in [-0.25, -0.2) is 0 Å². The van der Waals surface area contributed by atoms with E-state index in [-0.39, 0.29) is 22.7 Å². The van der Waals surface area contributed by atoms with Crippen LogP contribution in [0.5, 0.6) is 0 Å². The van der Waals surface area contributed by atoms with Crippen molar-refractivity contribution < 1.29 is 14.1 Å². The number of hydrogen-bond acceptors (Lipinski definition) is 6. The first kappa shape index (κ1) is 19.1. The van der Waals surface area contributed by atoms with Crippen molar-refractivity contribution >= 4 is 5.91 Å². The molecule has 150 valence electrons. The van der Waals surface area contributed by atoms with Gasteiger partial charge < -0.3 is 14.2 Å². The van der Waals surface area contributed by atoms with E-state index in [2.05, 4.69) is 35.9 Å². The average molecular weight is 384 g/mol. The van der Waals surface area contributed by atoms with Crippen LogP contribution in [0.1, 0.15) is 51.8 Å². The summed E-state index contributed by atoms with van der Waals surface area (Å²) in [5, 5.41) is 4.18. The van der Waals surface area contributed by atoms with Gasteiger partial charge in [-0.05, 0) is 30.4 Å². The molecule has 2 saturated heterocycles. The second-order valence-electron chi connectivity index (χ2n) is 9.24. The third-order valence-electron chi connectivity index (χ3n) is 5.83. The van der Waals surface area contributed by atoms with Crippen LogP contribution in [0.2, 0.25) is 0 Å². The molecule has 0 radical (unpaired) electrons. The second-order valence-corrected chi connectivity index (χ2v) is 9.24. The number of likely N-dealkylation sites (tertiary alicyclic amines) is 1.